The Morgan fingerprint density at radius 3 is 2.13 bits per heavy atom. The third kappa shape index (κ3) is 3.23. The second-order valence-electron chi connectivity index (χ2n) is 3.52. The van der Waals surface area contributed by atoms with Crippen LogP contribution in [0.25, 0.3) is 0 Å². The number of hydrogen-bond acceptors (Lipinski definition) is 3. The minimum absolute atomic E-state index is 0.0549. The molecule has 0 spiro atoms. The van der Waals surface area contributed by atoms with Crippen molar-refractivity contribution in [2.24, 2.45) is 0 Å². The predicted molar refractivity (Wildman–Crippen MR) is 60.2 cm³/mol. The normalized spacial score (nSPS) is 11.7. The number of hydrogen-bond donors (Lipinski definition) is 0. The third-order valence-electron chi connectivity index (χ3n) is 2.14. The van der Waals surface area contributed by atoms with Crippen molar-refractivity contribution in [3.05, 3.63) is 35.1 Å². The van der Waals surface area contributed by atoms with Gasteiger partial charge in [-0.05, 0) is 31.5 Å². The van der Waals surface area contributed by atoms with Gasteiger partial charge in [0.1, 0.15) is 5.75 Å². The molecule has 1 aromatic rings. The highest BCUT2D eigenvalue weighted by atomic mass is 32.2. The van der Waals surface area contributed by atoms with E-state index in [1.807, 2.05) is 0 Å². The minimum atomic E-state index is -3.09. The zero-order chi connectivity index (χ0) is 11.5. The number of benzene rings is 1. The quantitative estimate of drug-likeness (QED) is 0.791. The summed E-state index contributed by atoms with van der Waals surface area (Å²) in [4.78, 5) is 0. The first-order chi connectivity index (χ1) is 6.95. The molecule has 0 heterocycles. The van der Waals surface area contributed by atoms with Crippen LogP contribution < -0.4 is 4.74 Å². The fourth-order valence-electron chi connectivity index (χ4n) is 1.09. The summed E-state index contributed by atoms with van der Waals surface area (Å²) in [5, 5.41) is 0.443. The zero-order valence-corrected chi connectivity index (χ0v) is 9.97. The molecule has 15 heavy (non-hydrogen) atoms. The van der Waals surface area contributed by atoms with Crippen molar-refractivity contribution < 1.29 is 13.2 Å². The first kappa shape index (κ1) is 12.0. The SMILES string of the molecule is COc1ccc(CS(=O)(=O)[C](C)C)cc1. The van der Waals surface area contributed by atoms with Crippen LogP contribution in [0, 0.1) is 5.25 Å². The molecule has 0 amide bonds. The molecule has 0 aromatic heterocycles. The molecule has 0 saturated heterocycles. The summed E-state index contributed by atoms with van der Waals surface area (Å²) in [7, 11) is -1.52. The molecule has 83 valence electrons. The Bertz CT molecular complexity index is 404. The Morgan fingerprint density at radius 1 is 1.20 bits per heavy atom. The van der Waals surface area contributed by atoms with Crippen LogP contribution in [-0.2, 0) is 15.6 Å². The predicted octanol–water partition coefficient (Wildman–Crippen LogP) is 2.18. The largest absolute Gasteiger partial charge is 0.497 e. The highest BCUT2D eigenvalue weighted by Crippen LogP contribution is 2.18. The van der Waals surface area contributed by atoms with Gasteiger partial charge in [-0.1, -0.05) is 12.1 Å². The smallest absolute Gasteiger partial charge is 0.161 e. The van der Waals surface area contributed by atoms with Gasteiger partial charge in [-0.3, -0.25) is 0 Å². The maximum Gasteiger partial charge on any atom is 0.161 e. The van der Waals surface area contributed by atoms with Crippen LogP contribution in [0.15, 0.2) is 24.3 Å². The lowest BCUT2D eigenvalue weighted by Crippen LogP contribution is -2.09. The van der Waals surface area contributed by atoms with Gasteiger partial charge in [0.05, 0.1) is 18.1 Å². The van der Waals surface area contributed by atoms with Crippen molar-refractivity contribution in [2.75, 3.05) is 7.11 Å². The second kappa shape index (κ2) is 4.66. The van der Waals surface area contributed by atoms with Gasteiger partial charge < -0.3 is 4.74 Å². The van der Waals surface area contributed by atoms with Crippen molar-refractivity contribution in [2.45, 2.75) is 19.6 Å². The van der Waals surface area contributed by atoms with E-state index in [-0.39, 0.29) is 5.75 Å². The molecule has 0 atom stereocenters. The van der Waals surface area contributed by atoms with Gasteiger partial charge >= 0.3 is 0 Å². The van der Waals surface area contributed by atoms with E-state index >= 15 is 0 Å². The zero-order valence-electron chi connectivity index (χ0n) is 9.15. The summed E-state index contributed by atoms with van der Waals surface area (Å²) in [6.07, 6.45) is 0. The number of methoxy groups -OCH3 is 1. The standard InChI is InChI=1S/C11H15O3S/c1-9(2)15(12,13)8-10-4-6-11(14-3)7-5-10/h4-7H,8H2,1-3H3. The molecular weight excluding hydrogens is 212 g/mol. The molecule has 1 aromatic carbocycles. The molecule has 0 bridgehead atoms. The van der Waals surface area contributed by atoms with Crippen molar-refractivity contribution in [3.8, 4) is 5.75 Å². The Hall–Kier alpha value is -1.03. The Labute approximate surface area is 91.0 Å². The Balaban J connectivity index is 2.82. The maximum absolute atomic E-state index is 11.6. The van der Waals surface area contributed by atoms with Crippen LogP contribution in [0.5, 0.6) is 5.75 Å². The molecule has 0 fully saturated rings. The lowest BCUT2D eigenvalue weighted by Gasteiger charge is -2.07. The minimum Gasteiger partial charge on any atom is -0.497 e. The van der Waals surface area contributed by atoms with Crippen molar-refractivity contribution in [1.29, 1.82) is 0 Å². The molecule has 3 nitrogen and oxygen atoms in total. The molecule has 0 unspecified atom stereocenters. The van der Waals surface area contributed by atoms with E-state index in [2.05, 4.69) is 0 Å². The van der Waals surface area contributed by atoms with Gasteiger partial charge in [-0.15, -0.1) is 0 Å². The van der Waals surface area contributed by atoms with E-state index in [0.717, 1.165) is 11.3 Å². The summed E-state index contributed by atoms with van der Waals surface area (Å²) in [6, 6.07) is 7.05. The Kier molecular flexibility index (Phi) is 3.74. The molecule has 0 aliphatic rings. The summed E-state index contributed by atoms with van der Waals surface area (Å²) in [5.74, 6) is 0.785. The second-order valence-corrected chi connectivity index (χ2v) is 5.85. The molecule has 1 rings (SSSR count). The molecule has 1 radical (unpaired) electrons. The van der Waals surface area contributed by atoms with Crippen LogP contribution >= 0.6 is 0 Å². The summed E-state index contributed by atoms with van der Waals surface area (Å²) in [6.45, 7) is 3.22. The molecule has 0 N–H and O–H groups in total. The van der Waals surface area contributed by atoms with E-state index < -0.39 is 9.84 Å². The number of rotatable bonds is 4. The first-order valence-electron chi connectivity index (χ1n) is 4.61. The fraction of sp³-hybridized carbons (Fsp3) is 0.364. The van der Waals surface area contributed by atoms with Gasteiger partial charge in [0.25, 0.3) is 0 Å². The van der Waals surface area contributed by atoms with Gasteiger partial charge in [-0.2, -0.15) is 0 Å². The van der Waals surface area contributed by atoms with E-state index in [0.29, 0.717) is 5.25 Å². The number of sulfone groups is 1. The van der Waals surface area contributed by atoms with Crippen LogP contribution in [0.4, 0.5) is 0 Å². The summed E-state index contributed by atoms with van der Waals surface area (Å²) < 4.78 is 28.2. The highest BCUT2D eigenvalue weighted by Gasteiger charge is 2.17. The van der Waals surface area contributed by atoms with Crippen LogP contribution in [-0.4, -0.2) is 15.5 Å². The monoisotopic (exact) mass is 227 g/mol. The van der Waals surface area contributed by atoms with Gasteiger partial charge in [0.15, 0.2) is 9.84 Å². The summed E-state index contributed by atoms with van der Waals surface area (Å²) >= 11 is 0. The maximum atomic E-state index is 11.6. The molecule has 4 heteroatoms. The number of ether oxygens (including phenoxy) is 1. The van der Waals surface area contributed by atoms with E-state index in [1.165, 1.54) is 0 Å². The average molecular weight is 227 g/mol. The average Bonchev–Trinajstić information content (AvgIpc) is 2.18. The van der Waals surface area contributed by atoms with Crippen molar-refractivity contribution in [1.82, 2.24) is 0 Å². The molecular formula is C11H15O3S. The fourth-order valence-corrected chi connectivity index (χ4v) is 2.01. The highest BCUT2D eigenvalue weighted by molar-refractivity contribution is 7.93. The van der Waals surface area contributed by atoms with Crippen molar-refractivity contribution in [3.63, 3.8) is 0 Å². The van der Waals surface area contributed by atoms with Gasteiger partial charge in [0.2, 0.25) is 0 Å². The lowest BCUT2D eigenvalue weighted by atomic mass is 10.2. The third-order valence-corrected chi connectivity index (χ3v) is 4.10. The molecule has 0 aliphatic carbocycles. The van der Waals surface area contributed by atoms with E-state index in [9.17, 15) is 8.42 Å². The van der Waals surface area contributed by atoms with Gasteiger partial charge in [0, 0.05) is 0 Å². The topological polar surface area (TPSA) is 43.4 Å². The summed E-state index contributed by atoms with van der Waals surface area (Å²) in [5.41, 5.74) is 0.775. The van der Waals surface area contributed by atoms with Crippen LogP contribution in [0.2, 0.25) is 0 Å². The van der Waals surface area contributed by atoms with E-state index in [4.69, 9.17) is 4.74 Å². The van der Waals surface area contributed by atoms with Crippen LogP contribution in [0.1, 0.15) is 19.4 Å². The van der Waals surface area contributed by atoms with E-state index in [1.54, 1.807) is 45.2 Å². The lowest BCUT2D eigenvalue weighted by molar-refractivity contribution is 0.414. The van der Waals surface area contributed by atoms with Crippen molar-refractivity contribution >= 4 is 9.84 Å². The van der Waals surface area contributed by atoms with Crippen LogP contribution in [0.3, 0.4) is 0 Å². The Morgan fingerprint density at radius 2 is 1.73 bits per heavy atom. The molecule has 0 saturated carbocycles. The van der Waals surface area contributed by atoms with Gasteiger partial charge in [-0.25, -0.2) is 8.42 Å². The first-order valence-corrected chi connectivity index (χ1v) is 6.27. The molecule has 0 aliphatic heterocycles.